The first-order valence-corrected chi connectivity index (χ1v) is 10.4. The van der Waals surface area contributed by atoms with Gasteiger partial charge in [0.15, 0.2) is 0 Å². The first kappa shape index (κ1) is 21.7. The quantitative estimate of drug-likeness (QED) is 0.639. The van der Waals surface area contributed by atoms with Gasteiger partial charge in [-0.1, -0.05) is 42.5 Å². The number of rotatable bonds is 7. The number of hydrogen-bond donors (Lipinski definition) is 0. The van der Waals surface area contributed by atoms with Crippen LogP contribution in [0.5, 0.6) is 5.75 Å². The molecule has 0 aliphatic carbocycles. The molecule has 1 saturated heterocycles. The summed E-state index contributed by atoms with van der Waals surface area (Å²) in [5.41, 5.74) is 1.95. The van der Waals surface area contributed by atoms with Gasteiger partial charge in [0.1, 0.15) is 12.4 Å². The highest BCUT2D eigenvalue weighted by molar-refractivity contribution is 5.76. The predicted octanol–water partition coefficient (Wildman–Crippen LogP) is 4.22. The van der Waals surface area contributed by atoms with Crippen LogP contribution in [0, 0.1) is 5.92 Å². The summed E-state index contributed by atoms with van der Waals surface area (Å²) in [5, 5.41) is 0. The van der Waals surface area contributed by atoms with Crippen LogP contribution in [0.3, 0.4) is 0 Å². The van der Waals surface area contributed by atoms with Gasteiger partial charge in [0.05, 0.1) is 25.7 Å². The Morgan fingerprint density at radius 1 is 1.00 bits per heavy atom. The number of carbonyl (C=O) groups excluding carboxylic acids is 2. The molecule has 160 valence electrons. The van der Waals surface area contributed by atoms with E-state index in [1.807, 2.05) is 54.6 Å². The number of piperidine rings is 1. The highest BCUT2D eigenvalue weighted by atomic mass is 16.6. The van der Waals surface area contributed by atoms with E-state index in [9.17, 15) is 9.59 Å². The molecule has 0 radical (unpaired) electrons. The van der Waals surface area contributed by atoms with Crippen molar-refractivity contribution < 1.29 is 23.8 Å². The summed E-state index contributed by atoms with van der Waals surface area (Å²) in [4.78, 5) is 27.2. The van der Waals surface area contributed by atoms with E-state index in [0.717, 1.165) is 23.3 Å². The number of benzene rings is 2. The molecule has 30 heavy (non-hydrogen) atoms. The summed E-state index contributed by atoms with van der Waals surface area (Å²) < 4.78 is 16.1. The number of amides is 1. The first-order chi connectivity index (χ1) is 14.6. The van der Waals surface area contributed by atoms with Crippen molar-refractivity contribution in [1.29, 1.82) is 0 Å². The van der Waals surface area contributed by atoms with Gasteiger partial charge in [0, 0.05) is 6.54 Å². The molecule has 1 aliphatic heterocycles. The van der Waals surface area contributed by atoms with Crippen LogP contribution >= 0.6 is 0 Å². The molecule has 0 aromatic heterocycles. The lowest BCUT2D eigenvalue weighted by atomic mass is 9.85. The summed E-state index contributed by atoms with van der Waals surface area (Å²) in [5.74, 6) is 0.144. The Balaban J connectivity index is 1.76. The second-order valence-corrected chi connectivity index (χ2v) is 7.35. The zero-order valence-corrected chi connectivity index (χ0v) is 17.6. The normalized spacial score (nSPS) is 18.5. The molecule has 3 rings (SSSR count). The van der Waals surface area contributed by atoms with Crippen molar-refractivity contribution in [3.8, 4) is 5.75 Å². The van der Waals surface area contributed by atoms with Gasteiger partial charge >= 0.3 is 12.1 Å². The Hall–Kier alpha value is -3.02. The molecule has 1 aliphatic rings. The van der Waals surface area contributed by atoms with E-state index in [1.165, 1.54) is 0 Å². The Morgan fingerprint density at radius 3 is 2.40 bits per heavy atom. The zero-order chi connectivity index (χ0) is 21.3. The van der Waals surface area contributed by atoms with E-state index < -0.39 is 6.09 Å². The Labute approximate surface area is 177 Å². The lowest BCUT2D eigenvalue weighted by Gasteiger charge is -2.39. The third-order valence-corrected chi connectivity index (χ3v) is 5.41. The smallest absolute Gasteiger partial charge is 0.410 e. The van der Waals surface area contributed by atoms with E-state index in [2.05, 4.69) is 0 Å². The zero-order valence-electron chi connectivity index (χ0n) is 17.6. The molecule has 2 atom stereocenters. The van der Waals surface area contributed by atoms with Crippen molar-refractivity contribution in [1.82, 2.24) is 4.90 Å². The van der Waals surface area contributed by atoms with E-state index in [4.69, 9.17) is 14.2 Å². The second kappa shape index (κ2) is 10.7. The molecule has 6 nitrogen and oxygen atoms in total. The Bertz CT molecular complexity index is 821. The van der Waals surface area contributed by atoms with Crippen molar-refractivity contribution in [3.63, 3.8) is 0 Å². The summed E-state index contributed by atoms with van der Waals surface area (Å²) in [6, 6.07) is 17.0. The van der Waals surface area contributed by atoms with Crippen molar-refractivity contribution in [2.75, 3.05) is 20.3 Å². The van der Waals surface area contributed by atoms with Crippen molar-refractivity contribution in [2.45, 2.75) is 38.8 Å². The molecule has 2 aromatic carbocycles. The lowest BCUT2D eigenvalue weighted by molar-refractivity contribution is -0.151. The fraction of sp³-hybridized carbons (Fsp3) is 0.417. The molecule has 6 heteroatoms. The fourth-order valence-corrected chi connectivity index (χ4v) is 3.87. The number of likely N-dealkylation sites (tertiary alicyclic amines) is 1. The van der Waals surface area contributed by atoms with Gasteiger partial charge in [-0.15, -0.1) is 0 Å². The van der Waals surface area contributed by atoms with Crippen LogP contribution in [0.15, 0.2) is 54.6 Å². The lowest BCUT2D eigenvalue weighted by Crippen LogP contribution is -2.52. The number of carbonyl (C=O) groups is 2. The standard InChI is InChI=1S/C24H29NO5/c1-3-29-23(26)21-10-7-15-25(24(27)30-17-19-8-5-4-6-9-19)22(21)16-18-11-13-20(28-2)14-12-18/h4-6,8-9,11-14,21-22H,3,7,10,15-17H2,1-2H3. The van der Waals surface area contributed by atoms with Crippen LogP contribution in [0.4, 0.5) is 4.79 Å². The topological polar surface area (TPSA) is 65.1 Å². The summed E-state index contributed by atoms with van der Waals surface area (Å²) in [7, 11) is 1.62. The summed E-state index contributed by atoms with van der Waals surface area (Å²) in [6.07, 6.45) is 1.59. The Kier molecular flexibility index (Phi) is 7.71. The van der Waals surface area contributed by atoms with Crippen LogP contribution in [0.2, 0.25) is 0 Å². The van der Waals surface area contributed by atoms with E-state index in [1.54, 1.807) is 18.9 Å². The van der Waals surface area contributed by atoms with Gasteiger partial charge in [-0.2, -0.15) is 0 Å². The highest BCUT2D eigenvalue weighted by Crippen LogP contribution is 2.29. The second-order valence-electron chi connectivity index (χ2n) is 7.35. The molecule has 1 heterocycles. The molecule has 2 unspecified atom stereocenters. The Morgan fingerprint density at radius 2 is 1.73 bits per heavy atom. The summed E-state index contributed by atoms with van der Waals surface area (Å²) >= 11 is 0. The minimum absolute atomic E-state index is 0.204. The average Bonchev–Trinajstić information content (AvgIpc) is 2.79. The molecule has 0 bridgehead atoms. The minimum atomic E-state index is -0.397. The maximum atomic E-state index is 12.9. The van der Waals surface area contributed by atoms with E-state index in [0.29, 0.717) is 26.0 Å². The van der Waals surface area contributed by atoms with E-state index >= 15 is 0 Å². The fourth-order valence-electron chi connectivity index (χ4n) is 3.87. The van der Waals surface area contributed by atoms with E-state index in [-0.39, 0.29) is 24.5 Å². The average molecular weight is 411 g/mol. The van der Waals surface area contributed by atoms with Crippen molar-refractivity contribution in [3.05, 3.63) is 65.7 Å². The van der Waals surface area contributed by atoms with Gasteiger partial charge in [-0.05, 0) is 49.4 Å². The van der Waals surface area contributed by atoms with Gasteiger partial charge in [0.2, 0.25) is 0 Å². The molecule has 0 N–H and O–H groups in total. The van der Waals surface area contributed by atoms with Gasteiger partial charge in [-0.3, -0.25) is 4.79 Å². The van der Waals surface area contributed by atoms with Crippen molar-refractivity contribution in [2.24, 2.45) is 5.92 Å². The third kappa shape index (κ3) is 5.53. The molecule has 0 spiro atoms. The third-order valence-electron chi connectivity index (χ3n) is 5.41. The number of hydrogen-bond acceptors (Lipinski definition) is 5. The van der Waals surface area contributed by atoms with Crippen LogP contribution in [-0.4, -0.2) is 43.3 Å². The maximum Gasteiger partial charge on any atom is 0.410 e. The van der Waals surface area contributed by atoms with Crippen LogP contribution in [0.25, 0.3) is 0 Å². The maximum absolute atomic E-state index is 12.9. The number of methoxy groups -OCH3 is 1. The molecule has 0 saturated carbocycles. The first-order valence-electron chi connectivity index (χ1n) is 10.4. The van der Waals surface area contributed by atoms with Crippen LogP contribution in [0.1, 0.15) is 30.9 Å². The molecular weight excluding hydrogens is 382 g/mol. The summed E-state index contributed by atoms with van der Waals surface area (Å²) in [6.45, 7) is 2.88. The van der Waals surface area contributed by atoms with Gasteiger partial charge in [0.25, 0.3) is 0 Å². The van der Waals surface area contributed by atoms with Gasteiger partial charge < -0.3 is 19.1 Å². The number of nitrogens with zero attached hydrogens (tertiary/aromatic N) is 1. The number of ether oxygens (including phenoxy) is 3. The van der Waals surface area contributed by atoms with Gasteiger partial charge in [-0.25, -0.2) is 4.79 Å². The highest BCUT2D eigenvalue weighted by Gasteiger charge is 2.39. The molecule has 1 fully saturated rings. The van der Waals surface area contributed by atoms with Crippen LogP contribution < -0.4 is 4.74 Å². The monoisotopic (exact) mass is 411 g/mol. The van der Waals surface area contributed by atoms with Crippen molar-refractivity contribution >= 4 is 12.1 Å². The number of esters is 1. The largest absolute Gasteiger partial charge is 0.497 e. The predicted molar refractivity (Wildman–Crippen MR) is 113 cm³/mol. The van der Waals surface area contributed by atoms with Crippen LogP contribution in [-0.2, 0) is 27.3 Å². The molecular formula is C24H29NO5. The molecule has 1 amide bonds. The molecule has 2 aromatic rings. The SMILES string of the molecule is CCOC(=O)C1CCCN(C(=O)OCc2ccccc2)C1Cc1ccc(OC)cc1. The minimum Gasteiger partial charge on any atom is -0.497 e.